The van der Waals surface area contributed by atoms with Crippen molar-refractivity contribution in [2.24, 2.45) is 5.73 Å². The van der Waals surface area contributed by atoms with E-state index in [1.54, 1.807) is 17.0 Å². The second kappa shape index (κ2) is 6.74. The normalized spacial score (nSPS) is 28.7. The maximum absolute atomic E-state index is 12.7. The average molecular weight is 357 g/mol. The van der Waals surface area contributed by atoms with Crippen LogP contribution in [0.1, 0.15) is 35.2 Å². The van der Waals surface area contributed by atoms with Crippen LogP contribution in [0, 0.1) is 0 Å². The van der Waals surface area contributed by atoms with Crippen LogP contribution in [0.5, 0.6) is 5.75 Å². The molecule has 3 aliphatic heterocycles. The second-order valence-corrected chi connectivity index (χ2v) is 7.08. The summed E-state index contributed by atoms with van der Waals surface area (Å²) in [5.41, 5.74) is 8.26. The molecule has 138 valence electrons. The number of nitrogens with two attached hydrogens (primary N) is 1. The first kappa shape index (κ1) is 17.1. The fraction of sp³-hybridized carbons (Fsp3) is 0.474. The van der Waals surface area contributed by atoms with Crippen LogP contribution in [0.25, 0.3) is 0 Å². The largest absolute Gasteiger partial charge is 0.489 e. The predicted molar refractivity (Wildman–Crippen MR) is 94.4 cm³/mol. The van der Waals surface area contributed by atoms with E-state index in [9.17, 15) is 9.59 Å². The lowest BCUT2D eigenvalue weighted by Gasteiger charge is -2.30. The van der Waals surface area contributed by atoms with Gasteiger partial charge >= 0.3 is 0 Å². The lowest BCUT2D eigenvalue weighted by molar-refractivity contribution is -0.126. The van der Waals surface area contributed by atoms with E-state index in [0.29, 0.717) is 49.6 Å². The van der Waals surface area contributed by atoms with Gasteiger partial charge in [-0.2, -0.15) is 0 Å². The van der Waals surface area contributed by atoms with Crippen molar-refractivity contribution in [2.75, 3.05) is 13.2 Å². The summed E-state index contributed by atoms with van der Waals surface area (Å²) in [4.78, 5) is 26.6. The molecular weight excluding hydrogens is 334 g/mol. The standard InChI is InChI=1S/C19H23N3O4/c1-11-2-5-16(18(23)21-11)22-9-12-8-13(3-4-14(12)19(22)24)26-17-6-7-25-10-15(17)20/h3-4,8,15-17H,1-2,5-7,9-10,20H2,(H,21,23)/t15-,16?,17-/m0/s1. The van der Waals surface area contributed by atoms with E-state index < -0.39 is 6.04 Å². The highest BCUT2D eigenvalue weighted by Gasteiger charge is 2.38. The predicted octanol–water partition coefficient (Wildman–Crippen LogP) is 0.930. The first-order valence-electron chi connectivity index (χ1n) is 8.95. The van der Waals surface area contributed by atoms with E-state index in [2.05, 4.69) is 11.9 Å². The van der Waals surface area contributed by atoms with Crippen molar-refractivity contribution in [3.8, 4) is 5.75 Å². The minimum atomic E-state index is -0.450. The Labute approximate surface area is 152 Å². The molecule has 7 heteroatoms. The molecule has 1 aromatic rings. The van der Waals surface area contributed by atoms with Crippen molar-refractivity contribution in [3.05, 3.63) is 41.6 Å². The highest BCUT2D eigenvalue weighted by molar-refractivity contribution is 6.01. The molecule has 2 saturated heterocycles. The first-order valence-corrected chi connectivity index (χ1v) is 8.95. The Bertz CT molecular complexity index is 763. The third-order valence-electron chi connectivity index (χ3n) is 5.23. The van der Waals surface area contributed by atoms with Crippen molar-refractivity contribution in [3.63, 3.8) is 0 Å². The van der Waals surface area contributed by atoms with Crippen molar-refractivity contribution in [1.29, 1.82) is 0 Å². The summed E-state index contributed by atoms with van der Waals surface area (Å²) in [6, 6.07) is 4.85. The first-order chi connectivity index (χ1) is 12.5. The fourth-order valence-electron chi connectivity index (χ4n) is 3.77. The summed E-state index contributed by atoms with van der Waals surface area (Å²) in [6.07, 6.45) is 1.94. The fourth-order valence-corrected chi connectivity index (χ4v) is 3.77. The van der Waals surface area contributed by atoms with Crippen LogP contribution in [-0.4, -0.2) is 48.1 Å². The molecule has 3 heterocycles. The Morgan fingerprint density at radius 1 is 1.31 bits per heavy atom. The smallest absolute Gasteiger partial charge is 0.255 e. The van der Waals surface area contributed by atoms with Crippen LogP contribution in [0.4, 0.5) is 0 Å². The Balaban J connectivity index is 1.49. The number of carbonyl (C=O) groups is 2. The molecule has 0 radical (unpaired) electrons. The quantitative estimate of drug-likeness (QED) is 0.839. The van der Waals surface area contributed by atoms with Gasteiger partial charge < -0.3 is 25.4 Å². The molecule has 2 fully saturated rings. The van der Waals surface area contributed by atoms with Crippen molar-refractivity contribution >= 4 is 11.8 Å². The zero-order chi connectivity index (χ0) is 18.3. The van der Waals surface area contributed by atoms with Crippen LogP contribution < -0.4 is 15.8 Å². The number of fused-ring (bicyclic) bond motifs is 1. The molecule has 0 spiro atoms. The molecular formula is C19H23N3O4. The third-order valence-corrected chi connectivity index (χ3v) is 5.23. The van der Waals surface area contributed by atoms with Crippen LogP contribution in [-0.2, 0) is 16.1 Å². The van der Waals surface area contributed by atoms with Gasteiger partial charge in [0.15, 0.2) is 0 Å². The van der Waals surface area contributed by atoms with Gasteiger partial charge in [0.05, 0.1) is 19.3 Å². The lowest BCUT2D eigenvalue weighted by atomic mass is 10.0. The van der Waals surface area contributed by atoms with Crippen molar-refractivity contribution in [1.82, 2.24) is 10.2 Å². The summed E-state index contributed by atoms with van der Waals surface area (Å²) in [7, 11) is 0. The monoisotopic (exact) mass is 357 g/mol. The van der Waals surface area contributed by atoms with E-state index in [0.717, 1.165) is 12.0 Å². The van der Waals surface area contributed by atoms with Gasteiger partial charge in [0, 0.05) is 24.2 Å². The summed E-state index contributed by atoms with van der Waals surface area (Å²) in [5.74, 6) is 0.427. The van der Waals surface area contributed by atoms with Gasteiger partial charge in [0.1, 0.15) is 17.9 Å². The molecule has 0 aromatic heterocycles. The number of nitrogens with one attached hydrogen (secondary N) is 1. The van der Waals surface area contributed by atoms with Gasteiger partial charge in [-0.05, 0) is 36.6 Å². The number of nitrogens with zero attached hydrogens (tertiary/aromatic N) is 1. The zero-order valence-electron chi connectivity index (χ0n) is 14.6. The van der Waals surface area contributed by atoms with Crippen LogP contribution in [0.2, 0.25) is 0 Å². The number of amides is 2. The number of piperidine rings is 1. The number of hydrogen-bond donors (Lipinski definition) is 2. The molecule has 3 aliphatic rings. The molecule has 0 bridgehead atoms. The number of hydrogen-bond acceptors (Lipinski definition) is 5. The molecule has 1 aromatic carbocycles. The van der Waals surface area contributed by atoms with Gasteiger partial charge in [-0.25, -0.2) is 0 Å². The van der Waals surface area contributed by atoms with Crippen molar-refractivity contribution < 1.29 is 19.1 Å². The summed E-state index contributed by atoms with van der Waals surface area (Å²) in [6.45, 7) is 5.33. The number of carbonyl (C=O) groups excluding carboxylic acids is 2. The number of ether oxygens (including phenoxy) is 2. The molecule has 7 nitrogen and oxygen atoms in total. The highest BCUT2D eigenvalue weighted by Crippen LogP contribution is 2.31. The third kappa shape index (κ3) is 3.08. The maximum atomic E-state index is 12.7. The minimum absolute atomic E-state index is 0.0925. The summed E-state index contributed by atoms with van der Waals surface area (Å²) < 4.78 is 11.4. The molecule has 0 aliphatic carbocycles. The van der Waals surface area contributed by atoms with Crippen LogP contribution in [0.15, 0.2) is 30.5 Å². The van der Waals surface area contributed by atoms with E-state index in [1.807, 2.05) is 6.07 Å². The molecule has 0 saturated carbocycles. The van der Waals surface area contributed by atoms with Gasteiger partial charge in [-0.1, -0.05) is 6.58 Å². The van der Waals surface area contributed by atoms with Crippen LogP contribution in [0.3, 0.4) is 0 Å². The SMILES string of the molecule is C=C1CCC(N2Cc3cc(O[C@H]4CCOC[C@@H]4N)ccc3C2=O)C(=O)N1. The average Bonchev–Trinajstić information content (AvgIpc) is 2.93. The highest BCUT2D eigenvalue weighted by atomic mass is 16.5. The van der Waals surface area contributed by atoms with E-state index in [1.165, 1.54) is 0 Å². The molecule has 3 atom stereocenters. The van der Waals surface area contributed by atoms with Crippen LogP contribution >= 0.6 is 0 Å². The van der Waals surface area contributed by atoms with E-state index in [4.69, 9.17) is 15.2 Å². The lowest BCUT2D eigenvalue weighted by Crippen LogP contribution is -2.49. The molecule has 2 amide bonds. The topological polar surface area (TPSA) is 93.9 Å². The van der Waals surface area contributed by atoms with Gasteiger partial charge in [-0.15, -0.1) is 0 Å². The molecule has 26 heavy (non-hydrogen) atoms. The Morgan fingerprint density at radius 3 is 2.92 bits per heavy atom. The molecule has 3 N–H and O–H groups in total. The van der Waals surface area contributed by atoms with E-state index >= 15 is 0 Å². The Morgan fingerprint density at radius 2 is 2.15 bits per heavy atom. The van der Waals surface area contributed by atoms with Crippen molar-refractivity contribution in [2.45, 2.75) is 44.0 Å². The van der Waals surface area contributed by atoms with Gasteiger partial charge in [-0.3, -0.25) is 9.59 Å². The minimum Gasteiger partial charge on any atom is -0.489 e. The van der Waals surface area contributed by atoms with Gasteiger partial charge in [0.2, 0.25) is 5.91 Å². The molecule has 1 unspecified atom stereocenters. The molecule has 4 rings (SSSR count). The Hall–Kier alpha value is -2.38. The number of rotatable bonds is 3. The maximum Gasteiger partial charge on any atom is 0.255 e. The zero-order valence-corrected chi connectivity index (χ0v) is 14.6. The van der Waals surface area contributed by atoms with Gasteiger partial charge in [0.25, 0.3) is 5.91 Å². The second-order valence-electron chi connectivity index (χ2n) is 7.08. The Kier molecular flexibility index (Phi) is 4.42. The number of allylic oxidation sites excluding steroid dienone is 1. The summed E-state index contributed by atoms with van der Waals surface area (Å²) in [5, 5.41) is 2.75. The summed E-state index contributed by atoms with van der Waals surface area (Å²) >= 11 is 0. The van der Waals surface area contributed by atoms with E-state index in [-0.39, 0.29) is 24.0 Å². The number of benzene rings is 1.